The summed E-state index contributed by atoms with van der Waals surface area (Å²) >= 11 is 0. The van der Waals surface area contributed by atoms with Gasteiger partial charge in [-0.25, -0.2) is 0 Å². The van der Waals surface area contributed by atoms with Crippen LogP contribution in [0, 0.1) is 11.8 Å². The predicted molar refractivity (Wildman–Crippen MR) is 69.5 cm³/mol. The molecule has 2 fully saturated rings. The van der Waals surface area contributed by atoms with Crippen molar-refractivity contribution in [3.05, 3.63) is 0 Å². The number of carbonyl (C=O) groups is 1. The Balaban J connectivity index is 1.82. The molecule has 0 aromatic rings. The molecule has 1 aliphatic carbocycles. The second-order valence-electron chi connectivity index (χ2n) is 6.14. The number of carbonyl (C=O) groups excluding carboxylic acids is 1. The van der Waals surface area contributed by atoms with Crippen LogP contribution in [0.2, 0.25) is 0 Å². The summed E-state index contributed by atoms with van der Waals surface area (Å²) in [6.45, 7) is 7.42. The first-order valence-corrected chi connectivity index (χ1v) is 7.14. The lowest BCUT2D eigenvalue weighted by Gasteiger charge is -2.29. The van der Waals surface area contributed by atoms with Crippen molar-refractivity contribution in [3.63, 3.8) is 0 Å². The van der Waals surface area contributed by atoms with Crippen LogP contribution in [-0.2, 0) is 4.79 Å². The Kier molecular flexibility index (Phi) is 4.08. The van der Waals surface area contributed by atoms with Gasteiger partial charge in [-0.15, -0.1) is 0 Å². The van der Waals surface area contributed by atoms with E-state index in [9.17, 15) is 4.79 Å². The fourth-order valence-corrected chi connectivity index (χ4v) is 2.89. The van der Waals surface area contributed by atoms with Gasteiger partial charge >= 0.3 is 0 Å². The van der Waals surface area contributed by atoms with Crippen LogP contribution >= 0.6 is 0 Å². The first kappa shape index (κ1) is 12.9. The molecule has 1 aliphatic heterocycles. The summed E-state index contributed by atoms with van der Waals surface area (Å²) in [5.41, 5.74) is 0. The van der Waals surface area contributed by atoms with E-state index in [0.717, 1.165) is 18.9 Å². The van der Waals surface area contributed by atoms with E-state index < -0.39 is 0 Å². The minimum absolute atomic E-state index is 0.0615. The van der Waals surface area contributed by atoms with Crippen LogP contribution in [0.3, 0.4) is 0 Å². The Bertz CT molecular complexity index is 273. The van der Waals surface area contributed by atoms with Crippen LogP contribution in [0.1, 0.15) is 52.9 Å². The number of hydrogen-bond acceptors (Lipinski definition) is 2. The zero-order chi connectivity index (χ0) is 12.4. The summed E-state index contributed by atoms with van der Waals surface area (Å²) in [6, 6.07) is 0.0615. The van der Waals surface area contributed by atoms with Gasteiger partial charge in [0.1, 0.15) is 0 Å². The number of nitrogens with one attached hydrogen (secondary N) is 1. The van der Waals surface area contributed by atoms with Crippen molar-refractivity contribution in [1.29, 1.82) is 0 Å². The van der Waals surface area contributed by atoms with E-state index in [1.54, 1.807) is 0 Å². The maximum Gasteiger partial charge on any atom is 0.241 e. The molecule has 1 heterocycles. The minimum Gasteiger partial charge on any atom is -0.326 e. The molecule has 0 spiro atoms. The molecule has 2 atom stereocenters. The van der Waals surface area contributed by atoms with E-state index in [0.29, 0.717) is 11.8 Å². The van der Waals surface area contributed by atoms with E-state index >= 15 is 0 Å². The van der Waals surface area contributed by atoms with Crippen LogP contribution in [0.4, 0.5) is 0 Å². The van der Waals surface area contributed by atoms with Crippen LogP contribution in [-0.4, -0.2) is 29.6 Å². The average Bonchev–Trinajstić information content (AvgIpc) is 2.42. The largest absolute Gasteiger partial charge is 0.326 e. The second kappa shape index (κ2) is 5.38. The molecule has 17 heavy (non-hydrogen) atoms. The quantitative estimate of drug-likeness (QED) is 0.797. The number of rotatable bonds is 5. The van der Waals surface area contributed by atoms with Gasteiger partial charge in [-0.1, -0.05) is 33.1 Å². The third-order valence-electron chi connectivity index (χ3n) is 4.20. The monoisotopic (exact) mass is 238 g/mol. The number of hydrogen-bond donors (Lipinski definition) is 1. The van der Waals surface area contributed by atoms with Crippen LogP contribution in [0.15, 0.2) is 0 Å². The highest BCUT2D eigenvalue weighted by Gasteiger charge is 2.36. The molecule has 3 nitrogen and oxygen atoms in total. The van der Waals surface area contributed by atoms with Crippen LogP contribution < -0.4 is 5.32 Å². The molecule has 1 N–H and O–H groups in total. The summed E-state index contributed by atoms with van der Waals surface area (Å²) in [5, 5.41) is 3.42. The highest BCUT2D eigenvalue weighted by atomic mass is 16.2. The van der Waals surface area contributed by atoms with Crippen molar-refractivity contribution in [2.75, 3.05) is 6.54 Å². The zero-order valence-electron chi connectivity index (χ0n) is 11.4. The molecule has 0 radical (unpaired) electrons. The predicted octanol–water partition coefficient (Wildman–Crippen LogP) is 2.37. The Labute approximate surface area is 105 Å². The molecule has 98 valence electrons. The first-order valence-electron chi connectivity index (χ1n) is 7.14. The third-order valence-corrected chi connectivity index (χ3v) is 4.20. The van der Waals surface area contributed by atoms with Crippen molar-refractivity contribution in [2.24, 2.45) is 11.8 Å². The van der Waals surface area contributed by atoms with Gasteiger partial charge < -0.3 is 4.90 Å². The second-order valence-corrected chi connectivity index (χ2v) is 6.14. The fourth-order valence-electron chi connectivity index (χ4n) is 2.89. The zero-order valence-corrected chi connectivity index (χ0v) is 11.4. The Hall–Kier alpha value is -0.570. The Morgan fingerprint density at radius 3 is 2.65 bits per heavy atom. The van der Waals surface area contributed by atoms with Crippen molar-refractivity contribution in [1.82, 2.24) is 10.2 Å². The third kappa shape index (κ3) is 3.01. The fraction of sp³-hybridized carbons (Fsp3) is 0.929. The molecule has 2 unspecified atom stereocenters. The summed E-state index contributed by atoms with van der Waals surface area (Å²) in [5.74, 6) is 1.79. The molecule has 1 saturated heterocycles. The SMILES string of the molecule is CC(C)CC1NC(C)N(CCC2CCC2)C1=O. The van der Waals surface area contributed by atoms with Gasteiger partial charge in [0.25, 0.3) is 0 Å². The molecule has 3 heteroatoms. The molecule has 2 aliphatic rings. The van der Waals surface area contributed by atoms with Crippen molar-refractivity contribution in [2.45, 2.75) is 65.1 Å². The van der Waals surface area contributed by atoms with Crippen LogP contribution in [0.5, 0.6) is 0 Å². The van der Waals surface area contributed by atoms with Gasteiger partial charge in [-0.05, 0) is 31.6 Å². The van der Waals surface area contributed by atoms with Gasteiger partial charge in [0.2, 0.25) is 5.91 Å². The standard InChI is InChI=1S/C14H26N2O/c1-10(2)9-13-14(17)16(11(3)15-13)8-7-12-5-4-6-12/h10-13,15H,4-9H2,1-3H3. The minimum atomic E-state index is 0.0615. The summed E-state index contributed by atoms with van der Waals surface area (Å²) in [4.78, 5) is 14.3. The molecule has 2 rings (SSSR count). The van der Waals surface area contributed by atoms with Crippen molar-refractivity contribution in [3.8, 4) is 0 Å². The first-order chi connectivity index (χ1) is 8.08. The Morgan fingerprint density at radius 1 is 1.41 bits per heavy atom. The Morgan fingerprint density at radius 2 is 2.12 bits per heavy atom. The average molecular weight is 238 g/mol. The van der Waals surface area contributed by atoms with E-state index in [2.05, 4.69) is 26.1 Å². The number of nitrogens with zero attached hydrogens (tertiary/aromatic N) is 1. The van der Waals surface area contributed by atoms with Crippen molar-refractivity contribution < 1.29 is 4.79 Å². The maximum absolute atomic E-state index is 12.2. The highest BCUT2D eigenvalue weighted by molar-refractivity contribution is 5.84. The number of amides is 1. The molecule has 1 amide bonds. The van der Waals surface area contributed by atoms with Gasteiger partial charge in [0, 0.05) is 6.54 Å². The lowest BCUT2D eigenvalue weighted by molar-refractivity contribution is -0.130. The molecule has 0 bridgehead atoms. The van der Waals surface area contributed by atoms with Gasteiger partial charge in [0.15, 0.2) is 0 Å². The molecular weight excluding hydrogens is 212 g/mol. The summed E-state index contributed by atoms with van der Waals surface area (Å²) in [6.07, 6.45) is 6.53. The van der Waals surface area contributed by atoms with E-state index in [4.69, 9.17) is 0 Å². The molecular formula is C14H26N2O. The van der Waals surface area contributed by atoms with Gasteiger partial charge in [0.05, 0.1) is 12.2 Å². The topological polar surface area (TPSA) is 32.3 Å². The van der Waals surface area contributed by atoms with Crippen LogP contribution in [0.25, 0.3) is 0 Å². The van der Waals surface area contributed by atoms with E-state index in [1.165, 1.54) is 25.7 Å². The lowest BCUT2D eigenvalue weighted by atomic mass is 9.83. The smallest absolute Gasteiger partial charge is 0.241 e. The van der Waals surface area contributed by atoms with Gasteiger partial charge in [-0.3, -0.25) is 10.1 Å². The van der Waals surface area contributed by atoms with E-state index in [1.807, 2.05) is 4.90 Å². The lowest BCUT2D eigenvalue weighted by Crippen LogP contribution is -2.36. The molecule has 0 aromatic heterocycles. The maximum atomic E-state index is 12.2. The summed E-state index contributed by atoms with van der Waals surface area (Å²) in [7, 11) is 0. The van der Waals surface area contributed by atoms with Gasteiger partial charge in [-0.2, -0.15) is 0 Å². The highest BCUT2D eigenvalue weighted by Crippen LogP contribution is 2.30. The normalized spacial score (nSPS) is 30.1. The van der Waals surface area contributed by atoms with Crippen molar-refractivity contribution >= 4 is 5.91 Å². The molecule has 0 aromatic carbocycles. The van der Waals surface area contributed by atoms with E-state index in [-0.39, 0.29) is 12.2 Å². The molecule has 1 saturated carbocycles. The summed E-state index contributed by atoms with van der Waals surface area (Å²) < 4.78 is 0.